The predicted molar refractivity (Wildman–Crippen MR) is 80.9 cm³/mol. The number of hydrogen-bond donors (Lipinski definition) is 0. The fourth-order valence-corrected chi connectivity index (χ4v) is 2.86. The van der Waals surface area contributed by atoms with E-state index in [4.69, 9.17) is 9.05 Å². The Labute approximate surface area is 134 Å². The molecule has 3 heterocycles. The molecule has 124 valence electrons. The third-order valence-corrected chi connectivity index (χ3v) is 4.23. The van der Waals surface area contributed by atoms with E-state index < -0.39 is 0 Å². The number of aryl methyl sites for hydroxylation is 3. The molecule has 1 atom stereocenters. The standard InChI is InChI=1S/C15H21N5O3/c1-5-12-13(9(2)17-22-12)15(21)20-7-6-19(4)11(8-20)14-16-10(3)18-23-14/h11H,5-8H2,1-4H3. The van der Waals surface area contributed by atoms with Gasteiger partial charge in [-0.25, -0.2) is 0 Å². The van der Waals surface area contributed by atoms with Gasteiger partial charge in [0.2, 0.25) is 5.89 Å². The van der Waals surface area contributed by atoms with E-state index in [-0.39, 0.29) is 11.9 Å². The van der Waals surface area contributed by atoms with Gasteiger partial charge in [0.1, 0.15) is 17.4 Å². The van der Waals surface area contributed by atoms with Gasteiger partial charge in [0.05, 0.1) is 5.69 Å². The highest BCUT2D eigenvalue weighted by molar-refractivity contribution is 5.96. The minimum absolute atomic E-state index is 0.0464. The van der Waals surface area contributed by atoms with E-state index in [1.807, 2.05) is 18.9 Å². The monoisotopic (exact) mass is 319 g/mol. The average molecular weight is 319 g/mol. The first kappa shape index (κ1) is 15.7. The lowest BCUT2D eigenvalue weighted by atomic mass is 10.1. The van der Waals surface area contributed by atoms with Gasteiger partial charge in [0.25, 0.3) is 5.91 Å². The van der Waals surface area contributed by atoms with Crippen LogP contribution in [0.5, 0.6) is 0 Å². The van der Waals surface area contributed by atoms with E-state index in [1.165, 1.54) is 0 Å². The van der Waals surface area contributed by atoms with Gasteiger partial charge >= 0.3 is 0 Å². The zero-order valence-corrected chi connectivity index (χ0v) is 13.9. The third-order valence-electron chi connectivity index (χ3n) is 4.23. The molecule has 1 aliphatic rings. The first-order valence-corrected chi connectivity index (χ1v) is 7.76. The number of aromatic nitrogens is 3. The Morgan fingerprint density at radius 3 is 2.70 bits per heavy atom. The van der Waals surface area contributed by atoms with Crippen LogP contribution in [0.3, 0.4) is 0 Å². The highest BCUT2D eigenvalue weighted by Crippen LogP contribution is 2.25. The van der Waals surface area contributed by atoms with Crippen LogP contribution >= 0.6 is 0 Å². The van der Waals surface area contributed by atoms with Crippen molar-refractivity contribution >= 4 is 5.91 Å². The minimum atomic E-state index is -0.0980. The van der Waals surface area contributed by atoms with Crippen LogP contribution in [0, 0.1) is 13.8 Å². The number of carbonyl (C=O) groups is 1. The summed E-state index contributed by atoms with van der Waals surface area (Å²) < 4.78 is 10.5. The Balaban J connectivity index is 1.83. The van der Waals surface area contributed by atoms with Crippen LogP contribution in [-0.2, 0) is 6.42 Å². The lowest BCUT2D eigenvalue weighted by molar-refractivity contribution is 0.0486. The van der Waals surface area contributed by atoms with E-state index in [2.05, 4.69) is 20.2 Å². The van der Waals surface area contributed by atoms with Crippen LogP contribution in [0.1, 0.15) is 46.5 Å². The molecule has 1 amide bonds. The van der Waals surface area contributed by atoms with Crippen molar-refractivity contribution in [3.05, 3.63) is 28.7 Å². The molecule has 1 saturated heterocycles. The first-order chi connectivity index (χ1) is 11.0. The van der Waals surface area contributed by atoms with Crippen LogP contribution in [-0.4, -0.2) is 57.7 Å². The molecule has 1 unspecified atom stereocenters. The lowest BCUT2D eigenvalue weighted by Gasteiger charge is -2.37. The zero-order chi connectivity index (χ0) is 16.6. The highest BCUT2D eigenvalue weighted by Gasteiger charge is 2.34. The number of piperazine rings is 1. The summed E-state index contributed by atoms with van der Waals surface area (Å²) >= 11 is 0. The quantitative estimate of drug-likeness (QED) is 0.844. The van der Waals surface area contributed by atoms with Gasteiger partial charge in [-0.15, -0.1) is 0 Å². The maximum Gasteiger partial charge on any atom is 0.259 e. The van der Waals surface area contributed by atoms with Crippen LogP contribution in [0.2, 0.25) is 0 Å². The van der Waals surface area contributed by atoms with Crippen molar-refractivity contribution in [1.82, 2.24) is 25.1 Å². The molecule has 23 heavy (non-hydrogen) atoms. The smallest absolute Gasteiger partial charge is 0.259 e. The molecule has 8 heteroatoms. The summed E-state index contributed by atoms with van der Waals surface area (Å²) in [5.41, 5.74) is 1.22. The molecule has 0 bridgehead atoms. The van der Waals surface area contributed by atoms with Crippen molar-refractivity contribution in [2.24, 2.45) is 0 Å². The normalized spacial score (nSPS) is 19.3. The van der Waals surface area contributed by atoms with Crippen LogP contribution in [0.25, 0.3) is 0 Å². The van der Waals surface area contributed by atoms with Crippen molar-refractivity contribution in [2.75, 3.05) is 26.7 Å². The van der Waals surface area contributed by atoms with Gasteiger partial charge in [-0.05, 0) is 20.9 Å². The zero-order valence-electron chi connectivity index (χ0n) is 13.9. The molecule has 1 fully saturated rings. The molecule has 2 aromatic heterocycles. The molecule has 8 nitrogen and oxygen atoms in total. The fourth-order valence-electron chi connectivity index (χ4n) is 2.86. The van der Waals surface area contributed by atoms with Crippen LogP contribution < -0.4 is 0 Å². The van der Waals surface area contributed by atoms with Crippen LogP contribution in [0.4, 0.5) is 0 Å². The fraction of sp³-hybridized carbons (Fsp3) is 0.600. The van der Waals surface area contributed by atoms with E-state index in [0.29, 0.717) is 48.2 Å². The summed E-state index contributed by atoms with van der Waals surface area (Å²) in [6, 6.07) is -0.0980. The van der Waals surface area contributed by atoms with Crippen molar-refractivity contribution in [1.29, 1.82) is 0 Å². The second kappa shape index (κ2) is 6.11. The summed E-state index contributed by atoms with van der Waals surface area (Å²) in [7, 11) is 1.99. The second-order valence-corrected chi connectivity index (χ2v) is 5.85. The van der Waals surface area contributed by atoms with Gasteiger partial charge in [0.15, 0.2) is 5.82 Å². The lowest BCUT2D eigenvalue weighted by Crippen LogP contribution is -2.49. The van der Waals surface area contributed by atoms with Crippen molar-refractivity contribution < 1.29 is 13.8 Å². The summed E-state index contributed by atoms with van der Waals surface area (Å²) in [4.78, 5) is 21.1. The summed E-state index contributed by atoms with van der Waals surface area (Å²) in [6.45, 7) is 7.42. The Morgan fingerprint density at radius 2 is 2.04 bits per heavy atom. The van der Waals surface area contributed by atoms with E-state index in [0.717, 1.165) is 6.54 Å². The van der Waals surface area contributed by atoms with E-state index >= 15 is 0 Å². The van der Waals surface area contributed by atoms with Crippen LogP contribution in [0.15, 0.2) is 9.05 Å². The summed E-state index contributed by atoms with van der Waals surface area (Å²) in [5, 5.41) is 7.77. The van der Waals surface area contributed by atoms with Crippen molar-refractivity contribution in [3.63, 3.8) is 0 Å². The molecule has 2 aromatic rings. The number of nitrogens with zero attached hydrogens (tertiary/aromatic N) is 5. The number of carbonyl (C=O) groups excluding carboxylic acids is 1. The predicted octanol–water partition coefficient (Wildman–Crippen LogP) is 1.37. The second-order valence-electron chi connectivity index (χ2n) is 5.85. The highest BCUT2D eigenvalue weighted by atomic mass is 16.5. The first-order valence-electron chi connectivity index (χ1n) is 7.76. The van der Waals surface area contributed by atoms with Gasteiger partial charge < -0.3 is 13.9 Å². The van der Waals surface area contributed by atoms with E-state index in [1.54, 1.807) is 13.8 Å². The molecule has 0 radical (unpaired) electrons. The number of hydrogen-bond acceptors (Lipinski definition) is 7. The molecule has 0 N–H and O–H groups in total. The summed E-state index contributed by atoms with van der Waals surface area (Å²) in [5.74, 6) is 1.73. The maximum atomic E-state index is 12.9. The number of rotatable bonds is 3. The summed E-state index contributed by atoms with van der Waals surface area (Å²) in [6.07, 6.45) is 0.641. The largest absolute Gasteiger partial charge is 0.360 e. The maximum absolute atomic E-state index is 12.9. The molecule has 0 saturated carbocycles. The SMILES string of the molecule is CCc1onc(C)c1C(=O)N1CCN(C)C(c2nc(C)no2)C1. The Bertz CT molecular complexity index is 708. The number of amides is 1. The Hall–Kier alpha value is -2.22. The average Bonchev–Trinajstić information content (AvgIpc) is 3.12. The Kier molecular flexibility index (Phi) is 4.16. The minimum Gasteiger partial charge on any atom is -0.360 e. The Morgan fingerprint density at radius 1 is 1.26 bits per heavy atom. The number of likely N-dealkylation sites (N-methyl/N-ethyl adjacent to an activating group) is 1. The molecule has 0 spiro atoms. The van der Waals surface area contributed by atoms with Gasteiger partial charge in [0, 0.05) is 26.1 Å². The van der Waals surface area contributed by atoms with Gasteiger partial charge in [-0.3, -0.25) is 9.69 Å². The van der Waals surface area contributed by atoms with Crippen molar-refractivity contribution in [2.45, 2.75) is 33.2 Å². The molecular weight excluding hydrogens is 298 g/mol. The van der Waals surface area contributed by atoms with Gasteiger partial charge in [-0.2, -0.15) is 4.98 Å². The third kappa shape index (κ3) is 2.86. The van der Waals surface area contributed by atoms with Crippen molar-refractivity contribution in [3.8, 4) is 0 Å². The topological polar surface area (TPSA) is 88.5 Å². The molecule has 3 rings (SSSR count). The molecule has 1 aliphatic heterocycles. The van der Waals surface area contributed by atoms with E-state index in [9.17, 15) is 4.79 Å². The molecular formula is C15H21N5O3. The molecule has 0 aromatic carbocycles. The molecule has 0 aliphatic carbocycles. The van der Waals surface area contributed by atoms with Gasteiger partial charge in [-0.1, -0.05) is 17.2 Å².